The number of allylic oxidation sites excluding steroid dienone is 2. The summed E-state index contributed by atoms with van der Waals surface area (Å²) in [5, 5.41) is 0. The molecule has 0 aliphatic carbocycles. The van der Waals surface area contributed by atoms with Crippen molar-refractivity contribution >= 4 is 11.4 Å². The summed E-state index contributed by atoms with van der Waals surface area (Å²) in [6.07, 6.45) is 21.8. The lowest BCUT2D eigenvalue weighted by atomic mass is 9.91. The van der Waals surface area contributed by atoms with Gasteiger partial charge in [-0.25, -0.2) is 4.70 Å². The second-order valence-corrected chi connectivity index (χ2v) is 11.9. The number of unbranched alkanes of at least 4 members (excludes halogenated alkanes) is 10. The Hall–Kier alpha value is -2.48. The van der Waals surface area contributed by atoms with Crippen LogP contribution in [0.25, 0.3) is 16.9 Å². The molecule has 218 valence electrons. The zero-order chi connectivity index (χ0) is 28.6. The molecule has 1 aliphatic rings. The quantitative estimate of drug-likeness (QED) is 0.118. The third kappa shape index (κ3) is 9.28. The van der Waals surface area contributed by atoms with Gasteiger partial charge in [0.15, 0.2) is 0 Å². The van der Waals surface area contributed by atoms with Crippen molar-refractivity contribution < 1.29 is 4.70 Å². The normalized spacial score (nSPS) is 13.7. The monoisotopic (exact) mass is 540 g/mol. The van der Waals surface area contributed by atoms with E-state index < -0.39 is 0 Å². The summed E-state index contributed by atoms with van der Waals surface area (Å²) in [5.74, 6) is 0. The number of aryl methyl sites for hydroxylation is 2. The van der Waals surface area contributed by atoms with Crippen LogP contribution in [0.2, 0.25) is 0 Å². The van der Waals surface area contributed by atoms with Gasteiger partial charge in [0.05, 0.1) is 0 Å². The molecule has 0 fully saturated rings. The Morgan fingerprint density at radius 1 is 0.475 bits per heavy atom. The number of benzene rings is 2. The Morgan fingerprint density at radius 2 is 0.875 bits per heavy atom. The zero-order valence-electron chi connectivity index (χ0n) is 26.2. The maximum Gasteiger partial charge on any atom is 0.211 e. The highest BCUT2D eigenvalue weighted by Gasteiger charge is 2.35. The van der Waals surface area contributed by atoms with Crippen LogP contribution in [0, 0.1) is 0 Å². The van der Waals surface area contributed by atoms with E-state index in [1.165, 1.54) is 105 Å². The van der Waals surface area contributed by atoms with Crippen LogP contribution < -0.4 is 0 Å². The van der Waals surface area contributed by atoms with Gasteiger partial charge >= 0.3 is 0 Å². The summed E-state index contributed by atoms with van der Waals surface area (Å²) < 4.78 is 1.57. The topological polar surface area (TPSA) is 25.3 Å². The van der Waals surface area contributed by atoms with Gasteiger partial charge in [-0.2, -0.15) is 0 Å². The first-order valence-electron chi connectivity index (χ1n) is 16.8. The maximum absolute atomic E-state index is 12.0. The van der Waals surface area contributed by atoms with Crippen LogP contribution in [0.1, 0.15) is 153 Å². The lowest BCUT2D eigenvalue weighted by Gasteiger charge is -2.12. The lowest BCUT2D eigenvalue weighted by molar-refractivity contribution is -0.345. The summed E-state index contributed by atoms with van der Waals surface area (Å²) in [4.78, 5) is 0. The highest BCUT2D eigenvalue weighted by Crippen LogP contribution is 2.44. The number of rotatable bonds is 20. The Balaban J connectivity index is 1.95. The van der Waals surface area contributed by atoms with Crippen molar-refractivity contribution in [3.63, 3.8) is 0 Å². The Kier molecular flexibility index (Phi) is 14.5. The molecule has 0 aromatic heterocycles. The zero-order valence-corrected chi connectivity index (χ0v) is 26.2. The third-order valence-electron chi connectivity index (χ3n) is 8.46. The van der Waals surface area contributed by atoms with Gasteiger partial charge in [0, 0.05) is 22.3 Å². The number of nitrogens with zero attached hydrogens (tertiary/aromatic N) is 2. The fourth-order valence-electron chi connectivity index (χ4n) is 6.13. The van der Waals surface area contributed by atoms with Crippen LogP contribution in [0.3, 0.4) is 0 Å². The van der Waals surface area contributed by atoms with E-state index in [4.69, 9.17) is 0 Å². The van der Waals surface area contributed by atoms with Gasteiger partial charge in [0.25, 0.3) is 0 Å². The lowest BCUT2D eigenvalue weighted by Crippen LogP contribution is -2.03. The van der Waals surface area contributed by atoms with Crippen molar-refractivity contribution in [2.75, 3.05) is 0 Å². The molecule has 1 aliphatic heterocycles. The largest absolute Gasteiger partial charge is 0.493 e. The molecule has 1 heterocycles. The first kappa shape index (κ1) is 32.0. The summed E-state index contributed by atoms with van der Waals surface area (Å²) in [7, 11) is 0. The molecule has 2 aromatic carbocycles. The van der Waals surface area contributed by atoms with E-state index in [2.05, 4.69) is 76.2 Å². The molecule has 2 nitrogen and oxygen atoms in total. The van der Waals surface area contributed by atoms with Crippen LogP contribution in [-0.2, 0) is 12.8 Å². The minimum absolute atomic E-state index is 1.02. The van der Waals surface area contributed by atoms with E-state index in [1.54, 1.807) is 4.70 Å². The molecule has 0 radical (unpaired) electrons. The molecule has 0 bridgehead atoms. The minimum atomic E-state index is 1.02. The van der Waals surface area contributed by atoms with Gasteiger partial charge in [-0.05, 0) is 86.8 Å². The van der Waals surface area contributed by atoms with E-state index in [1.807, 2.05) is 0 Å². The van der Waals surface area contributed by atoms with Crippen LogP contribution in [0.15, 0.2) is 59.7 Å². The van der Waals surface area contributed by atoms with Crippen molar-refractivity contribution in [3.05, 3.63) is 87.5 Å². The molecule has 0 saturated carbocycles. The highest BCUT2D eigenvalue weighted by molar-refractivity contribution is 5.82. The van der Waals surface area contributed by atoms with Crippen molar-refractivity contribution in [1.29, 1.82) is 0 Å². The molecule has 40 heavy (non-hydrogen) atoms. The molecule has 0 atom stereocenters. The van der Waals surface area contributed by atoms with Crippen molar-refractivity contribution in [2.24, 2.45) is 0 Å². The molecule has 2 aromatic rings. The minimum Gasteiger partial charge on any atom is -0.493 e. The van der Waals surface area contributed by atoms with Crippen molar-refractivity contribution in [2.45, 2.75) is 143 Å². The predicted octanol–water partition coefficient (Wildman–Crippen LogP) is 12.3. The average Bonchev–Trinajstić information content (AvgIpc) is 3.25. The van der Waals surface area contributed by atoms with Crippen LogP contribution in [0.5, 0.6) is 0 Å². The van der Waals surface area contributed by atoms with Crippen LogP contribution >= 0.6 is 0 Å². The molecule has 0 spiro atoms. The Labute approximate surface area is 246 Å². The predicted molar refractivity (Wildman–Crippen MR) is 174 cm³/mol. The van der Waals surface area contributed by atoms with E-state index in [9.17, 15) is 5.53 Å². The van der Waals surface area contributed by atoms with Gasteiger partial charge in [0.2, 0.25) is 11.4 Å². The summed E-state index contributed by atoms with van der Waals surface area (Å²) in [5.41, 5.74) is 21.8. The molecule has 0 saturated heterocycles. The smallest absolute Gasteiger partial charge is 0.211 e. The molecular formula is C38H56N2. The van der Waals surface area contributed by atoms with Gasteiger partial charge < -0.3 is 5.53 Å². The Morgan fingerprint density at radius 3 is 1.40 bits per heavy atom. The Bertz CT molecular complexity index is 1120. The summed E-state index contributed by atoms with van der Waals surface area (Å²) in [6.45, 7) is 9.09. The van der Waals surface area contributed by atoms with Gasteiger partial charge in [-0.1, -0.05) is 116 Å². The molecule has 2 heteroatoms. The maximum atomic E-state index is 12.0. The SMILES string of the molecule is CCCCCCCCc1cccc(C2=C(CCCC)C(CCCCC)=C(c3cccc(CCCCC)c3)[N+]2=[N-])c1. The standard InChI is InChI=1S/C38H56N2/c1-5-9-13-14-15-18-22-32-24-20-25-33(30-32)37-35(27-12-8-4)36(28-17-11-7-3)38(40(37)39)34-26-19-23-31(29-34)21-16-10-6-2/h19-20,23-26,29-30H,5-18,21-22,27-28H2,1-4H3. The molecule has 0 amide bonds. The second kappa shape index (κ2) is 18.1. The average molecular weight is 541 g/mol. The van der Waals surface area contributed by atoms with E-state index in [-0.39, 0.29) is 0 Å². The van der Waals surface area contributed by atoms with Gasteiger partial charge in [0.1, 0.15) is 0 Å². The van der Waals surface area contributed by atoms with E-state index in [0.717, 1.165) is 55.5 Å². The van der Waals surface area contributed by atoms with Crippen LogP contribution in [0.4, 0.5) is 0 Å². The third-order valence-corrected chi connectivity index (χ3v) is 8.46. The fraction of sp³-hybridized carbons (Fsp3) is 0.579. The number of hydrogen-bond acceptors (Lipinski definition) is 0. The van der Waals surface area contributed by atoms with Gasteiger partial charge in [-0.3, -0.25) is 0 Å². The van der Waals surface area contributed by atoms with Crippen molar-refractivity contribution in [1.82, 2.24) is 0 Å². The summed E-state index contributed by atoms with van der Waals surface area (Å²) in [6, 6.07) is 18.0. The second-order valence-electron chi connectivity index (χ2n) is 11.9. The number of hydrogen-bond donors (Lipinski definition) is 0. The van der Waals surface area contributed by atoms with Crippen molar-refractivity contribution in [3.8, 4) is 0 Å². The molecule has 3 rings (SSSR count). The highest BCUT2D eigenvalue weighted by atomic mass is 15.2. The van der Waals surface area contributed by atoms with Gasteiger partial charge in [-0.15, -0.1) is 0 Å². The van der Waals surface area contributed by atoms with E-state index in [0.29, 0.717) is 0 Å². The molecule has 0 unspecified atom stereocenters. The first-order valence-corrected chi connectivity index (χ1v) is 16.8. The van der Waals surface area contributed by atoms with E-state index >= 15 is 0 Å². The van der Waals surface area contributed by atoms with Crippen LogP contribution in [-0.4, -0.2) is 4.70 Å². The fourth-order valence-corrected chi connectivity index (χ4v) is 6.13. The summed E-state index contributed by atoms with van der Waals surface area (Å²) >= 11 is 0. The molecule has 0 N–H and O–H groups in total. The molecular weight excluding hydrogens is 484 g/mol. The first-order chi connectivity index (χ1) is 19.6.